The van der Waals surface area contributed by atoms with Crippen molar-refractivity contribution in [1.82, 2.24) is 19.8 Å². The van der Waals surface area contributed by atoms with Gasteiger partial charge in [-0.15, -0.1) is 10.2 Å². The lowest BCUT2D eigenvalue weighted by molar-refractivity contribution is -0.124. The Morgan fingerprint density at radius 3 is 2.68 bits per heavy atom. The molecule has 1 aliphatic carbocycles. The summed E-state index contributed by atoms with van der Waals surface area (Å²) in [5.74, 6) is -0.111. The largest absolute Gasteiger partial charge is 0.300 e. The van der Waals surface area contributed by atoms with E-state index in [1.807, 2.05) is 0 Å². The van der Waals surface area contributed by atoms with Gasteiger partial charge in [-0.2, -0.15) is 0 Å². The quantitative estimate of drug-likeness (QED) is 0.780. The second-order valence-corrected chi connectivity index (χ2v) is 5.38. The zero-order valence-corrected chi connectivity index (χ0v) is 11.4. The summed E-state index contributed by atoms with van der Waals surface area (Å²) in [5, 5.41) is 10.6. The Morgan fingerprint density at radius 1 is 1.18 bits per heavy atom. The van der Waals surface area contributed by atoms with Crippen LogP contribution < -0.4 is 5.56 Å². The fourth-order valence-electron chi connectivity index (χ4n) is 2.70. The standard InChI is InChI=1S/C15H11FN4O2/c16-12-4-2-1-3-10(12)14-18-17-13-7-11(8-5-9(21)6-8)15(22)19-20(13)14/h1-4,7-8H,5-6H2,(H,19,22). The molecule has 22 heavy (non-hydrogen) atoms. The number of halogens is 1. The van der Waals surface area contributed by atoms with Crippen LogP contribution in [0.5, 0.6) is 0 Å². The number of ketones is 1. The summed E-state index contributed by atoms with van der Waals surface area (Å²) in [4.78, 5) is 23.3. The molecule has 0 unspecified atom stereocenters. The minimum Gasteiger partial charge on any atom is -0.300 e. The maximum atomic E-state index is 13.9. The van der Waals surface area contributed by atoms with E-state index in [0.29, 0.717) is 24.1 Å². The van der Waals surface area contributed by atoms with Crippen molar-refractivity contribution in [3.05, 3.63) is 52.1 Å². The summed E-state index contributed by atoms with van der Waals surface area (Å²) in [7, 11) is 0. The van der Waals surface area contributed by atoms with Crippen LogP contribution in [0.25, 0.3) is 17.0 Å². The predicted octanol–water partition coefficient (Wildman–Crippen LogP) is 1.67. The molecule has 1 aromatic carbocycles. The highest BCUT2D eigenvalue weighted by atomic mass is 19.1. The van der Waals surface area contributed by atoms with Gasteiger partial charge in [0.15, 0.2) is 11.5 Å². The lowest BCUT2D eigenvalue weighted by Gasteiger charge is -2.23. The number of hydrogen-bond acceptors (Lipinski definition) is 4. The molecule has 1 saturated carbocycles. The van der Waals surface area contributed by atoms with E-state index in [4.69, 9.17) is 0 Å². The number of benzene rings is 1. The van der Waals surface area contributed by atoms with Gasteiger partial charge in [0.05, 0.1) is 5.56 Å². The maximum Gasteiger partial charge on any atom is 0.266 e. The molecule has 1 N–H and O–H groups in total. The van der Waals surface area contributed by atoms with Gasteiger partial charge in [0.25, 0.3) is 5.56 Å². The maximum absolute atomic E-state index is 13.9. The van der Waals surface area contributed by atoms with E-state index < -0.39 is 5.82 Å². The molecule has 4 rings (SSSR count). The zero-order chi connectivity index (χ0) is 15.3. The number of Topliss-reactive ketones (excluding diaryl/α,β-unsaturated/α-hetero) is 1. The van der Waals surface area contributed by atoms with E-state index in [9.17, 15) is 14.0 Å². The topological polar surface area (TPSA) is 80.1 Å². The van der Waals surface area contributed by atoms with Crippen LogP contribution in [-0.4, -0.2) is 25.6 Å². The highest BCUT2D eigenvalue weighted by Crippen LogP contribution is 2.32. The summed E-state index contributed by atoms with van der Waals surface area (Å²) >= 11 is 0. The molecule has 0 bridgehead atoms. The van der Waals surface area contributed by atoms with Gasteiger partial charge < -0.3 is 0 Å². The van der Waals surface area contributed by atoms with Gasteiger partial charge in [-0.1, -0.05) is 12.1 Å². The van der Waals surface area contributed by atoms with Crippen LogP contribution in [0, 0.1) is 5.82 Å². The third-order valence-corrected chi connectivity index (χ3v) is 3.95. The average Bonchev–Trinajstić information content (AvgIpc) is 2.86. The number of aromatic nitrogens is 4. The Morgan fingerprint density at radius 2 is 1.95 bits per heavy atom. The monoisotopic (exact) mass is 298 g/mol. The number of H-pyrrole nitrogens is 1. The number of nitrogens with zero attached hydrogens (tertiary/aromatic N) is 3. The first-order chi connectivity index (χ1) is 10.6. The van der Waals surface area contributed by atoms with Crippen molar-refractivity contribution in [2.24, 2.45) is 0 Å². The van der Waals surface area contributed by atoms with E-state index in [0.717, 1.165) is 0 Å². The molecular formula is C15H11FN4O2. The highest BCUT2D eigenvalue weighted by Gasteiger charge is 2.30. The van der Waals surface area contributed by atoms with E-state index in [2.05, 4.69) is 15.3 Å². The van der Waals surface area contributed by atoms with Gasteiger partial charge in [-0.05, 0) is 18.2 Å². The van der Waals surface area contributed by atoms with E-state index >= 15 is 0 Å². The van der Waals surface area contributed by atoms with Gasteiger partial charge in [0.1, 0.15) is 11.6 Å². The Labute approximate surface area is 123 Å². The first-order valence-electron chi connectivity index (χ1n) is 6.88. The van der Waals surface area contributed by atoms with Crippen LogP contribution in [0.1, 0.15) is 24.3 Å². The molecule has 0 aliphatic heterocycles. The van der Waals surface area contributed by atoms with Crippen LogP contribution in [-0.2, 0) is 4.79 Å². The number of fused-ring (bicyclic) bond motifs is 1. The second kappa shape index (κ2) is 4.59. The third-order valence-electron chi connectivity index (χ3n) is 3.95. The first-order valence-corrected chi connectivity index (χ1v) is 6.88. The summed E-state index contributed by atoms with van der Waals surface area (Å²) < 4.78 is 15.3. The molecule has 1 fully saturated rings. The Kier molecular flexibility index (Phi) is 2.69. The molecule has 7 heteroatoms. The van der Waals surface area contributed by atoms with Gasteiger partial charge >= 0.3 is 0 Å². The van der Waals surface area contributed by atoms with Crippen LogP contribution in [0.15, 0.2) is 35.1 Å². The second-order valence-electron chi connectivity index (χ2n) is 5.38. The van der Waals surface area contributed by atoms with Crippen molar-refractivity contribution in [1.29, 1.82) is 0 Å². The van der Waals surface area contributed by atoms with Gasteiger partial charge in [0.2, 0.25) is 0 Å². The molecule has 0 saturated heterocycles. The number of nitrogens with one attached hydrogen (secondary N) is 1. The smallest absolute Gasteiger partial charge is 0.266 e. The summed E-state index contributed by atoms with van der Waals surface area (Å²) in [6.07, 6.45) is 0.765. The Balaban J connectivity index is 1.87. The van der Waals surface area contributed by atoms with Crippen LogP contribution in [0.4, 0.5) is 4.39 Å². The molecular weight excluding hydrogens is 287 g/mol. The minimum absolute atomic E-state index is 0.0603. The molecule has 6 nitrogen and oxygen atoms in total. The van der Waals surface area contributed by atoms with Crippen molar-refractivity contribution in [3.63, 3.8) is 0 Å². The van der Waals surface area contributed by atoms with Crippen molar-refractivity contribution in [2.45, 2.75) is 18.8 Å². The molecule has 1 aliphatic rings. The predicted molar refractivity (Wildman–Crippen MR) is 76.0 cm³/mol. The fourth-order valence-corrected chi connectivity index (χ4v) is 2.70. The van der Waals surface area contributed by atoms with E-state index in [1.165, 1.54) is 10.6 Å². The van der Waals surface area contributed by atoms with Gasteiger partial charge in [0, 0.05) is 24.3 Å². The van der Waals surface area contributed by atoms with Crippen molar-refractivity contribution in [3.8, 4) is 11.4 Å². The number of carbonyl (C=O) groups excluding carboxylic acids is 1. The molecule has 3 aromatic rings. The Hall–Kier alpha value is -2.83. The normalized spacial score (nSPS) is 15.2. The van der Waals surface area contributed by atoms with Crippen molar-refractivity contribution >= 4 is 11.4 Å². The Bertz CT molecular complexity index is 952. The number of carbonyl (C=O) groups is 1. The molecule has 0 atom stereocenters. The third kappa shape index (κ3) is 1.86. The SMILES string of the molecule is O=C1CC(c2cc3nnc(-c4ccccc4F)n3[nH]c2=O)C1. The molecule has 0 radical (unpaired) electrons. The lowest BCUT2D eigenvalue weighted by Crippen LogP contribution is -2.28. The van der Waals surface area contributed by atoms with Crippen molar-refractivity contribution in [2.75, 3.05) is 0 Å². The van der Waals surface area contributed by atoms with Crippen LogP contribution >= 0.6 is 0 Å². The number of hydrogen-bond donors (Lipinski definition) is 1. The highest BCUT2D eigenvalue weighted by molar-refractivity contribution is 5.86. The van der Waals surface area contributed by atoms with Crippen molar-refractivity contribution < 1.29 is 9.18 Å². The molecule has 2 heterocycles. The average molecular weight is 298 g/mol. The lowest BCUT2D eigenvalue weighted by atomic mass is 9.79. The first kappa shape index (κ1) is 12.9. The zero-order valence-electron chi connectivity index (χ0n) is 11.4. The van der Waals surface area contributed by atoms with E-state index in [-0.39, 0.29) is 28.6 Å². The fraction of sp³-hybridized carbons (Fsp3) is 0.200. The number of aromatic amines is 1. The molecule has 0 spiro atoms. The molecule has 2 aromatic heterocycles. The summed E-state index contributed by atoms with van der Waals surface area (Å²) in [5.41, 5.74) is 0.909. The van der Waals surface area contributed by atoms with E-state index in [1.54, 1.807) is 24.3 Å². The minimum atomic E-state index is -0.439. The molecule has 0 amide bonds. The van der Waals surface area contributed by atoms with Gasteiger partial charge in [-0.25, -0.2) is 8.91 Å². The van der Waals surface area contributed by atoms with Crippen LogP contribution in [0.3, 0.4) is 0 Å². The molecule has 110 valence electrons. The summed E-state index contributed by atoms with van der Waals surface area (Å²) in [6.45, 7) is 0. The number of rotatable bonds is 2. The van der Waals surface area contributed by atoms with Gasteiger partial charge in [-0.3, -0.25) is 14.7 Å². The summed E-state index contributed by atoms with van der Waals surface area (Å²) in [6, 6.07) is 7.78. The van der Waals surface area contributed by atoms with Crippen LogP contribution in [0.2, 0.25) is 0 Å².